The van der Waals surface area contributed by atoms with Crippen LogP contribution in [0, 0.1) is 11.3 Å². The quantitative estimate of drug-likeness (QED) is 0.735. The van der Waals surface area contributed by atoms with Crippen LogP contribution in [-0.2, 0) is 6.42 Å². The molecule has 0 saturated heterocycles. The zero-order valence-corrected chi connectivity index (χ0v) is 7.98. The summed E-state index contributed by atoms with van der Waals surface area (Å²) >= 11 is 0. The molecule has 0 amide bonds. The van der Waals surface area contributed by atoms with Gasteiger partial charge < -0.3 is 5.11 Å². The lowest BCUT2D eigenvalue weighted by Gasteiger charge is -2.06. The Labute approximate surface area is 84.1 Å². The second-order valence-electron chi connectivity index (χ2n) is 3.11. The van der Waals surface area contributed by atoms with Crippen molar-refractivity contribution in [1.82, 2.24) is 0 Å². The predicted molar refractivity (Wildman–Crippen MR) is 55.5 cm³/mol. The number of aliphatic hydroxyl groups is 1. The zero-order chi connectivity index (χ0) is 10.4. The van der Waals surface area contributed by atoms with Gasteiger partial charge in [-0.25, -0.2) is 0 Å². The summed E-state index contributed by atoms with van der Waals surface area (Å²) < 4.78 is 0. The minimum atomic E-state index is -0.669. The molecule has 0 heterocycles. The molecule has 1 rings (SSSR count). The van der Waals surface area contributed by atoms with Crippen molar-refractivity contribution in [2.24, 2.45) is 0 Å². The summed E-state index contributed by atoms with van der Waals surface area (Å²) in [5.41, 5.74) is 1.95. The molecule has 14 heavy (non-hydrogen) atoms. The van der Waals surface area contributed by atoms with Crippen molar-refractivity contribution >= 4 is 0 Å². The van der Waals surface area contributed by atoms with Crippen LogP contribution < -0.4 is 0 Å². The first-order valence-electron chi connectivity index (χ1n) is 4.52. The van der Waals surface area contributed by atoms with Crippen LogP contribution in [-0.4, -0.2) is 5.11 Å². The minimum Gasteiger partial charge on any atom is -0.387 e. The average molecular weight is 187 g/mol. The molecule has 1 atom stereocenters. The summed E-state index contributed by atoms with van der Waals surface area (Å²) in [6.45, 7) is 3.65. The Hall–Kier alpha value is -1.59. The molecule has 0 radical (unpaired) electrons. The SMILES string of the molecule is C=CCc1ccc(C(O)CC#N)cc1. The normalized spacial score (nSPS) is 11.7. The zero-order valence-electron chi connectivity index (χ0n) is 7.98. The molecule has 0 saturated carbocycles. The molecule has 0 aliphatic heterocycles. The summed E-state index contributed by atoms with van der Waals surface area (Å²) in [4.78, 5) is 0. The number of rotatable bonds is 4. The topological polar surface area (TPSA) is 44.0 Å². The Bertz CT molecular complexity index is 334. The van der Waals surface area contributed by atoms with Crippen molar-refractivity contribution in [2.45, 2.75) is 18.9 Å². The van der Waals surface area contributed by atoms with E-state index in [2.05, 4.69) is 6.58 Å². The van der Waals surface area contributed by atoms with Gasteiger partial charge in [0.05, 0.1) is 18.6 Å². The van der Waals surface area contributed by atoms with Gasteiger partial charge in [0, 0.05) is 0 Å². The Kier molecular flexibility index (Phi) is 3.90. The first kappa shape index (κ1) is 10.5. The van der Waals surface area contributed by atoms with Gasteiger partial charge in [-0.3, -0.25) is 0 Å². The van der Waals surface area contributed by atoms with Crippen molar-refractivity contribution in [2.75, 3.05) is 0 Å². The lowest BCUT2D eigenvalue weighted by atomic mass is 10.0. The van der Waals surface area contributed by atoms with Crippen LogP contribution >= 0.6 is 0 Å². The van der Waals surface area contributed by atoms with E-state index in [0.29, 0.717) is 0 Å². The monoisotopic (exact) mass is 187 g/mol. The minimum absolute atomic E-state index is 0.140. The fourth-order valence-corrected chi connectivity index (χ4v) is 1.25. The summed E-state index contributed by atoms with van der Waals surface area (Å²) in [7, 11) is 0. The van der Waals surface area contributed by atoms with E-state index in [0.717, 1.165) is 17.5 Å². The molecule has 0 fully saturated rings. The lowest BCUT2D eigenvalue weighted by Crippen LogP contribution is -1.95. The van der Waals surface area contributed by atoms with E-state index in [9.17, 15) is 5.11 Å². The molecule has 2 nitrogen and oxygen atoms in total. The van der Waals surface area contributed by atoms with Crippen LogP contribution in [0.25, 0.3) is 0 Å². The molecular formula is C12H13NO. The molecule has 1 aromatic carbocycles. The van der Waals surface area contributed by atoms with Gasteiger partial charge in [-0.05, 0) is 17.5 Å². The second-order valence-corrected chi connectivity index (χ2v) is 3.11. The van der Waals surface area contributed by atoms with Gasteiger partial charge >= 0.3 is 0 Å². The standard InChI is InChI=1S/C12H13NO/c1-2-3-10-4-6-11(7-5-10)12(14)8-9-13/h2,4-7,12,14H,1,3,8H2. The Morgan fingerprint density at radius 2 is 2.07 bits per heavy atom. The van der Waals surface area contributed by atoms with Gasteiger partial charge in [0.2, 0.25) is 0 Å². The van der Waals surface area contributed by atoms with E-state index in [1.54, 1.807) is 0 Å². The molecule has 1 unspecified atom stereocenters. The van der Waals surface area contributed by atoms with Crippen LogP contribution in [0.5, 0.6) is 0 Å². The van der Waals surface area contributed by atoms with Crippen LogP contribution in [0.1, 0.15) is 23.7 Å². The van der Waals surface area contributed by atoms with Gasteiger partial charge in [-0.1, -0.05) is 30.3 Å². The number of benzene rings is 1. The van der Waals surface area contributed by atoms with Crippen LogP contribution in [0.15, 0.2) is 36.9 Å². The summed E-state index contributed by atoms with van der Waals surface area (Å²) in [5.74, 6) is 0. The van der Waals surface area contributed by atoms with Crippen LogP contribution in [0.4, 0.5) is 0 Å². The lowest BCUT2D eigenvalue weighted by molar-refractivity contribution is 0.183. The van der Waals surface area contributed by atoms with E-state index >= 15 is 0 Å². The molecule has 72 valence electrons. The third kappa shape index (κ3) is 2.72. The Morgan fingerprint density at radius 3 is 2.57 bits per heavy atom. The highest BCUT2D eigenvalue weighted by molar-refractivity contribution is 5.25. The smallest absolute Gasteiger partial charge is 0.0919 e. The fraction of sp³-hybridized carbons (Fsp3) is 0.250. The molecule has 0 aliphatic carbocycles. The van der Waals surface area contributed by atoms with E-state index in [-0.39, 0.29) is 6.42 Å². The molecule has 0 aromatic heterocycles. The van der Waals surface area contributed by atoms with Gasteiger partial charge in [0.25, 0.3) is 0 Å². The third-order valence-corrected chi connectivity index (χ3v) is 2.03. The van der Waals surface area contributed by atoms with Gasteiger partial charge in [-0.15, -0.1) is 6.58 Å². The Balaban J connectivity index is 2.73. The van der Waals surface area contributed by atoms with Crippen molar-refractivity contribution in [1.29, 1.82) is 5.26 Å². The summed E-state index contributed by atoms with van der Waals surface area (Å²) in [6.07, 6.45) is 2.13. The summed E-state index contributed by atoms with van der Waals surface area (Å²) in [6, 6.07) is 9.52. The predicted octanol–water partition coefficient (Wildman–Crippen LogP) is 2.36. The number of hydrogen-bond acceptors (Lipinski definition) is 2. The number of nitrogens with zero attached hydrogens (tertiary/aromatic N) is 1. The van der Waals surface area contributed by atoms with Gasteiger partial charge in [-0.2, -0.15) is 5.26 Å². The number of hydrogen-bond donors (Lipinski definition) is 1. The first-order valence-corrected chi connectivity index (χ1v) is 4.52. The van der Waals surface area contributed by atoms with Gasteiger partial charge in [0.1, 0.15) is 0 Å². The van der Waals surface area contributed by atoms with Crippen LogP contribution in [0.3, 0.4) is 0 Å². The Morgan fingerprint density at radius 1 is 1.43 bits per heavy atom. The number of nitriles is 1. The van der Waals surface area contributed by atoms with E-state index in [1.807, 2.05) is 36.4 Å². The largest absolute Gasteiger partial charge is 0.387 e. The highest BCUT2D eigenvalue weighted by Gasteiger charge is 2.05. The molecular weight excluding hydrogens is 174 g/mol. The first-order chi connectivity index (χ1) is 6.77. The third-order valence-electron chi connectivity index (χ3n) is 2.03. The maximum Gasteiger partial charge on any atom is 0.0919 e. The number of aliphatic hydroxyl groups excluding tert-OH is 1. The van der Waals surface area contributed by atoms with Crippen molar-refractivity contribution in [3.05, 3.63) is 48.0 Å². The molecule has 0 bridgehead atoms. The molecule has 0 aliphatic rings. The second kappa shape index (κ2) is 5.21. The average Bonchev–Trinajstić information content (AvgIpc) is 2.20. The fourth-order valence-electron chi connectivity index (χ4n) is 1.25. The molecule has 0 spiro atoms. The highest BCUT2D eigenvalue weighted by atomic mass is 16.3. The summed E-state index contributed by atoms with van der Waals surface area (Å²) in [5, 5.41) is 17.9. The maximum atomic E-state index is 9.50. The van der Waals surface area contributed by atoms with Crippen LogP contribution in [0.2, 0.25) is 0 Å². The number of allylic oxidation sites excluding steroid dienone is 1. The molecule has 1 aromatic rings. The highest BCUT2D eigenvalue weighted by Crippen LogP contribution is 2.16. The molecule has 1 N–H and O–H groups in total. The molecule has 2 heteroatoms. The van der Waals surface area contributed by atoms with E-state index in [1.165, 1.54) is 0 Å². The van der Waals surface area contributed by atoms with Crippen molar-refractivity contribution < 1.29 is 5.11 Å². The van der Waals surface area contributed by atoms with Crippen molar-refractivity contribution in [3.63, 3.8) is 0 Å². The van der Waals surface area contributed by atoms with E-state index < -0.39 is 6.10 Å². The maximum absolute atomic E-state index is 9.50. The van der Waals surface area contributed by atoms with Crippen molar-refractivity contribution in [3.8, 4) is 6.07 Å². The van der Waals surface area contributed by atoms with E-state index in [4.69, 9.17) is 5.26 Å². The van der Waals surface area contributed by atoms with Gasteiger partial charge in [0.15, 0.2) is 0 Å².